The Labute approximate surface area is 128 Å². The van der Waals surface area contributed by atoms with Gasteiger partial charge in [0.2, 0.25) is 10.0 Å². The molecule has 0 radical (unpaired) electrons. The molecule has 2 aromatic rings. The van der Waals surface area contributed by atoms with E-state index in [1.165, 1.54) is 31.3 Å². The van der Waals surface area contributed by atoms with Crippen LogP contribution in [0.4, 0.5) is 0 Å². The molecule has 0 aliphatic heterocycles. The van der Waals surface area contributed by atoms with Gasteiger partial charge < -0.3 is 10.8 Å². The molecular weight excluding hydrogens is 304 g/mol. The molecule has 7 heteroatoms. The van der Waals surface area contributed by atoms with Crippen molar-refractivity contribution in [3.8, 4) is 0 Å². The third-order valence-corrected chi connectivity index (χ3v) is 4.83. The molecule has 0 bridgehead atoms. The number of aliphatic hydroxyl groups is 1. The average Bonchev–Trinajstić information content (AvgIpc) is 2.54. The van der Waals surface area contributed by atoms with Crippen molar-refractivity contribution in [2.45, 2.75) is 10.5 Å². The van der Waals surface area contributed by atoms with Crippen molar-refractivity contribution >= 4 is 15.9 Å². The van der Waals surface area contributed by atoms with Crippen LogP contribution >= 0.6 is 0 Å². The first-order valence-electron chi connectivity index (χ1n) is 6.44. The summed E-state index contributed by atoms with van der Waals surface area (Å²) in [4.78, 5) is 11.8. The molecule has 0 aliphatic carbocycles. The highest BCUT2D eigenvalue weighted by atomic mass is 32.2. The fourth-order valence-electron chi connectivity index (χ4n) is 2.12. The van der Waals surface area contributed by atoms with Gasteiger partial charge in [-0.15, -0.1) is 0 Å². The average molecular weight is 320 g/mol. The lowest BCUT2D eigenvalue weighted by molar-refractivity contribution is -0.133. The number of nitrogens with one attached hydrogen (secondary N) is 1. The number of nitrogens with two attached hydrogens (primary N) is 1. The van der Waals surface area contributed by atoms with Gasteiger partial charge in [0, 0.05) is 0 Å². The molecule has 0 spiro atoms. The summed E-state index contributed by atoms with van der Waals surface area (Å²) in [6.45, 7) is 0. The molecule has 0 fully saturated rings. The molecular formula is C15H16N2O4S. The predicted octanol–water partition coefficient (Wildman–Crippen LogP) is 0.316. The van der Waals surface area contributed by atoms with Crippen LogP contribution < -0.4 is 10.5 Å². The largest absolute Gasteiger partial charge is 0.372 e. The van der Waals surface area contributed by atoms with Crippen molar-refractivity contribution in [1.29, 1.82) is 0 Å². The van der Waals surface area contributed by atoms with Crippen molar-refractivity contribution < 1.29 is 18.3 Å². The van der Waals surface area contributed by atoms with Gasteiger partial charge in [-0.05, 0) is 30.3 Å². The molecule has 22 heavy (non-hydrogen) atoms. The third-order valence-electron chi connectivity index (χ3n) is 3.40. The molecule has 0 saturated heterocycles. The standard InChI is InChI=1S/C15H16N2O4S/c1-17-22(20,21)13-9-7-12(8-10-13)15(19,14(16)18)11-5-3-2-4-6-11/h2-10,17,19H,1H3,(H2,16,18). The summed E-state index contributed by atoms with van der Waals surface area (Å²) in [6, 6.07) is 13.6. The third kappa shape index (κ3) is 2.74. The highest BCUT2D eigenvalue weighted by Gasteiger charge is 2.38. The van der Waals surface area contributed by atoms with Crippen LogP contribution in [0.15, 0.2) is 59.5 Å². The lowest BCUT2D eigenvalue weighted by Crippen LogP contribution is -2.42. The van der Waals surface area contributed by atoms with Gasteiger partial charge in [-0.2, -0.15) is 0 Å². The van der Waals surface area contributed by atoms with Crippen LogP contribution in [0.5, 0.6) is 0 Å². The number of hydrogen-bond donors (Lipinski definition) is 3. The van der Waals surface area contributed by atoms with Crippen LogP contribution in [-0.2, 0) is 20.4 Å². The van der Waals surface area contributed by atoms with Gasteiger partial charge in [-0.3, -0.25) is 4.79 Å². The van der Waals surface area contributed by atoms with Crippen molar-refractivity contribution in [2.24, 2.45) is 5.73 Å². The van der Waals surface area contributed by atoms with Crippen LogP contribution in [0.2, 0.25) is 0 Å². The summed E-state index contributed by atoms with van der Waals surface area (Å²) < 4.78 is 25.6. The second kappa shape index (κ2) is 5.88. The zero-order valence-electron chi connectivity index (χ0n) is 11.9. The molecule has 1 amide bonds. The Morgan fingerprint density at radius 3 is 2.00 bits per heavy atom. The molecule has 0 saturated carbocycles. The minimum atomic E-state index is -3.59. The summed E-state index contributed by atoms with van der Waals surface area (Å²) in [6.07, 6.45) is 0. The normalized spacial score (nSPS) is 14.3. The van der Waals surface area contributed by atoms with Crippen molar-refractivity contribution in [1.82, 2.24) is 4.72 Å². The number of hydrogen-bond acceptors (Lipinski definition) is 4. The van der Waals surface area contributed by atoms with Gasteiger partial charge in [-0.25, -0.2) is 13.1 Å². The number of carbonyl (C=O) groups excluding carboxylic acids is 1. The van der Waals surface area contributed by atoms with Crippen LogP contribution in [-0.4, -0.2) is 26.5 Å². The summed E-state index contributed by atoms with van der Waals surface area (Å²) >= 11 is 0. The van der Waals surface area contributed by atoms with E-state index >= 15 is 0 Å². The number of carbonyl (C=O) groups is 1. The smallest absolute Gasteiger partial charge is 0.258 e. The predicted molar refractivity (Wildman–Crippen MR) is 81.3 cm³/mol. The lowest BCUT2D eigenvalue weighted by atomic mass is 9.86. The maximum absolute atomic E-state index is 11.8. The van der Waals surface area contributed by atoms with Gasteiger partial charge in [0.25, 0.3) is 5.91 Å². The summed E-state index contributed by atoms with van der Waals surface area (Å²) in [5.74, 6) is -0.942. The van der Waals surface area contributed by atoms with Crippen molar-refractivity contribution in [3.63, 3.8) is 0 Å². The molecule has 1 unspecified atom stereocenters. The minimum Gasteiger partial charge on any atom is -0.372 e. The first kappa shape index (κ1) is 16.2. The molecule has 4 N–H and O–H groups in total. The van der Waals surface area contributed by atoms with E-state index in [2.05, 4.69) is 4.72 Å². The van der Waals surface area contributed by atoms with E-state index in [4.69, 9.17) is 5.73 Å². The van der Waals surface area contributed by atoms with Gasteiger partial charge in [0.1, 0.15) is 0 Å². The van der Waals surface area contributed by atoms with Gasteiger partial charge in [0.05, 0.1) is 4.90 Å². The maximum atomic E-state index is 11.8. The second-order valence-electron chi connectivity index (χ2n) is 4.67. The number of rotatable bonds is 5. The van der Waals surface area contributed by atoms with E-state index in [1.807, 2.05) is 0 Å². The molecule has 2 rings (SSSR count). The highest BCUT2D eigenvalue weighted by molar-refractivity contribution is 7.89. The van der Waals surface area contributed by atoms with E-state index in [9.17, 15) is 18.3 Å². The topological polar surface area (TPSA) is 109 Å². The van der Waals surface area contributed by atoms with E-state index in [0.717, 1.165) is 0 Å². The molecule has 0 aliphatic rings. The fraction of sp³-hybridized carbons (Fsp3) is 0.133. The number of primary amides is 1. The van der Waals surface area contributed by atoms with Crippen LogP contribution in [0.1, 0.15) is 11.1 Å². The molecule has 0 heterocycles. The van der Waals surface area contributed by atoms with E-state index < -0.39 is 21.5 Å². The monoisotopic (exact) mass is 320 g/mol. The van der Waals surface area contributed by atoms with Gasteiger partial charge in [-0.1, -0.05) is 42.5 Å². The maximum Gasteiger partial charge on any atom is 0.258 e. The fourth-order valence-corrected chi connectivity index (χ4v) is 2.85. The van der Waals surface area contributed by atoms with Crippen molar-refractivity contribution in [2.75, 3.05) is 7.05 Å². The summed E-state index contributed by atoms with van der Waals surface area (Å²) in [7, 11) is -2.29. The number of sulfonamides is 1. The van der Waals surface area contributed by atoms with E-state index in [1.54, 1.807) is 30.3 Å². The lowest BCUT2D eigenvalue weighted by Gasteiger charge is -2.25. The molecule has 6 nitrogen and oxygen atoms in total. The van der Waals surface area contributed by atoms with Crippen LogP contribution in [0, 0.1) is 0 Å². The number of amides is 1. The number of benzene rings is 2. The first-order valence-corrected chi connectivity index (χ1v) is 7.92. The zero-order valence-corrected chi connectivity index (χ0v) is 12.7. The zero-order chi connectivity index (χ0) is 16.4. The van der Waals surface area contributed by atoms with Gasteiger partial charge >= 0.3 is 0 Å². The SMILES string of the molecule is CNS(=O)(=O)c1ccc(C(O)(C(N)=O)c2ccccc2)cc1. The molecule has 2 aromatic carbocycles. The van der Waals surface area contributed by atoms with Crippen LogP contribution in [0.25, 0.3) is 0 Å². The molecule has 1 atom stereocenters. The Bertz CT molecular complexity index is 773. The molecule has 0 aromatic heterocycles. The Balaban J connectivity index is 2.54. The van der Waals surface area contributed by atoms with Crippen molar-refractivity contribution in [3.05, 3.63) is 65.7 Å². The second-order valence-corrected chi connectivity index (χ2v) is 6.56. The highest BCUT2D eigenvalue weighted by Crippen LogP contribution is 2.30. The Morgan fingerprint density at radius 1 is 1.05 bits per heavy atom. The Morgan fingerprint density at radius 2 is 1.55 bits per heavy atom. The molecule has 116 valence electrons. The van der Waals surface area contributed by atoms with E-state index in [-0.39, 0.29) is 10.5 Å². The summed E-state index contributed by atoms with van der Waals surface area (Å²) in [5.41, 5.74) is 3.85. The quantitative estimate of drug-likeness (QED) is 0.737. The Hall–Kier alpha value is -2.22. The van der Waals surface area contributed by atoms with Crippen LogP contribution in [0.3, 0.4) is 0 Å². The summed E-state index contributed by atoms with van der Waals surface area (Å²) in [5, 5.41) is 10.7. The minimum absolute atomic E-state index is 0.0265. The Kier molecular flexibility index (Phi) is 4.32. The first-order chi connectivity index (χ1) is 10.3. The van der Waals surface area contributed by atoms with Gasteiger partial charge in [0.15, 0.2) is 5.60 Å². The van der Waals surface area contributed by atoms with E-state index in [0.29, 0.717) is 5.56 Å².